The lowest BCUT2D eigenvalue weighted by atomic mass is 9.94. The van der Waals surface area contributed by atoms with Crippen LogP contribution in [-0.2, 0) is 0 Å². The van der Waals surface area contributed by atoms with E-state index in [0.29, 0.717) is 12.0 Å². The molecule has 0 bridgehead atoms. The maximum absolute atomic E-state index is 5.26. The maximum atomic E-state index is 5.26. The summed E-state index contributed by atoms with van der Waals surface area (Å²) in [6.45, 7) is 3.35. The van der Waals surface area contributed by atoms with Gasteiger partial charge in [0.1, 0.15) is 5.75 Å². The number of hydrogen-bond acceptors (Lipinski definition) is 4. The molecular formula is C14H18N2OS. The zero-order valence-electron chi connectivity index (χ0n) is 10.8. The Morgan fingerprint density at radius 2 is 2.33 bits per heavy atom. The molecule has 0 aliphatic carbocycles. The van der Waals surface area contributed by atoms with Gasteiger partial charge in [-0.3, -0.25) is 0 Å². The van der Waals surface area contributed by atoms with Crippen molar-refractivity contribution < 1.29 is 4.74 Å². The summed E-state index contributed by atoms with van der Waals surface area (Å²) in [5, 5.41) is 4.77. The van der Waals surface area contributed by atoms with Gasteiger partial charge in [0.05, 0.1) is 22.3 Å². The molecule has 3 rings (SSSR count). The van der Waals surface area contributed by atoms with Gasteiger partial charge in [0.25, 0.3) is 0 Å². The van der Waals surface area contributed by atoms with Crippen LogP contribution in [0.15, 0.2) is 18.2 Å². The van der Waals surface area contributed by atoms with E-state index in [1.165, 1.54) is 22.5 Å². The Hall–Kier alpha value is -1.13. The first-order chi connectivity index (χ1) is 8.76. The standard InChI is InChI=1S/C14H18N2OS/c1-9-7-10(5-6-15-9)14-16-12-4-3-11(17-2)8-13(12)18-14/h3-4,8-10,15H,5-7H2,1-2H3. The molecule has 1 aromatic heterocycles. The topological polar surface area (TPSA) is 34.1 Å². The first-order valence-corrected chi connectivity index (χ1v) is 7.26. The van der Waals surface area contributed by atoms with E-state index < -0.39 is 0 Å². The van der Waals surface area contributed by atoms with Crippen LogP contribution in [0.2, 0.25) is 0 Å². The summed E-state index contributed by atoms with van der Waals surface area (Å²) in [5.41, 5.74) is 1.10. The fourth-order valence-electron chi connectivity index (χ4n) is 2.58. The highest BCUT2D eigenvalue weighted by Crippen LogP contribution is 2.34. The summed E-state index contributed by atoms with van der Waals surface area (Å²) in [4.78, 5) is 4.78. The normalized spacial score (nSPS) is 24.3. The number of aromatic nitrogens is 1. The van der Waals surface area contributed by atoms with Crippen molar-refractivity contribution in [2.24, 2.45) is 0 Å². The van der Waals surface area contributed by atoms with Crippen LogP contribution >= 0.6 is 11.3 Å². The van der Waals surface area contributed by atoms with Crippen molar-refractivity contribution in [1.29, 1.82) is 0 Å². The molecule has 1 fully saturated rings. The molecule has 3 nitrogen and oxygen atoms in total. The third-order valence-corrected chi connectivity index (χ3v) is 4.77. The third kappa shape index (κ3) is 2.22. The third-order valence-electron chi connectivity index (χ3n) is 3.59. The number of benzene rings is 1. The molecule has 1 aliphatic heterocycles. The van der Waals surface area contributed by atoms with Crippen molar-refractivity contribution in [2.75, 3.05) is 13.7 Å². The van der Waals surface area contributed by atoms with Gasteiger partial charge in [0.15, 0.2) is 0 Å². The second-order valence-corrected chi connectivity index (χ2v) is 6.02. The Morgan fingerprint density at radius 1 is 1.44 bits per heavy atom. The van der Waals surface area contributed by atoms with E-state index in [-0.39, 0.29) is 0 Å². The van der Waals surface area contributed by atoms with Crippen molar-refractivity contribution in [1.82, 2.24) is 10.3 Å². The summed E-state index contributed by atoms with van der Waals surface area (Å²) in [5.74, 6) is 1.53. The van der Waals surface area contributed by atoms with E-state index in [1.807, 2.05) is 17.4 Å². The molecule has 2 unspecified atom stereocenters. The summed E-state index contributed by atoms with van der Waals surface area (Å²) in [6, 6.07) is 6.72. The van der Waals surface area contributed by atoms with Gasteiger partial charge in [-0.2, -0.15) is 0 Å². The molecular weight excluding hydrogens is 244 g/mol. The molecule has 1 aromatic carbocycles. The zero-order chi connectivity index (χ0) is 12.5. The number of fused-ring (bicyclic) bond motifs is 1. The minimum absolute atomic E-state index is 0.602. The number of nitrogens with zero attached hydrogens (tertiary/aromatic N) is 1. The van der Waals surface area contributed by atoms with Crippen molar-refractivity contribution in [3.8, 4) is 5.75 Å². The molecule has 0 radical (unpaired) electrons. The van der Waals surface area contributed by atoms with Gasteiger partial charge in [0, 0.05) is 12.0 Å². The highest BCUT2D eigenvalue weighted by atomic mass is 32.1. The molecule has 1 saturated heterocycles. The lowest BCUT2D eigenvalue weighted by Crippen LogP contribution is -2.34. The van der Waals surface area contributed by atoms with Crippen molar-refractivity contribution in [3.05, 3.63) is 23.2 Å². The largest absolute Gasteiger partial charge is 0.497 e. The molecule has 2 atom stereocenters. The maximum Gasteiger partial charge on any atom is 0.120 e. The van der Waals surface area contributed by atoms with Crippen LogP contribution in [0.5, 0.6) is 5.75 Å². The monoisotopic (exact) mass is 262 g/mol. The van der Waals surface area contributed by atoms with Gasteiger partial charge >= 0.3 is 0 Å². The Kier molecular flexibility index (Phi) is 3.22. The lowest BCUT2D eigenvalue weighted by Gasteiger charge is -2.26. The van der Waals surface area contributed by atoms with Crippen LogP contribution in [-0.4, -0.2) is 24.7 Å². The molecule has 2 aromatic rings. The molecule has 2 heterocycles. The number of ether oxygens (including phenoxy) is 1. The van der Waals surface area contributed by atoms with Crippen LogP contribution in [0.1, 0.15) is 30.7 Å². The zero-order valence-corrected chi connectivity index (χ0v) is 11.6. The Morgan fingerprint density at radius 3 is 3.11 bits per heavy atom. The van der Waals surface area contributed by atoms with E-state index in [4.69, 9.17) is 9.72 Å². The van der Waals surface area contributed by atoms with Crippen LogP contribution < -0.4 is 10.1 Å². The number of nitrogens with one attached hydrogen (secondary N) is 1. The minimum Gasteiger partial charge on any atom is -0.497 e. The van der Waals surface area contributed by atoms with Crippen molar-refractivity contribution in [3.63, 3.8) is 0 Å². The number of thiazole rings is 1. The first-order valence-electron chi connectivity index (χ1n) is 6.44. The number of methoxy groups -OCH3 is 1. The predicted octanol–water partition coefficient (Wildman–Crippen LogP) is 3.16. The Balaban J connectivity index is 1.92. The van der Waals surface area contributed by atoms with E-state index in [9.17, 15) is 0 Å². The van der Waals surface area contributed by atoms with Crippen LogP contribution in [0.25, 0.3) is 10.2 Å². The highest BCUT2D eigenvalue weighted by Gasteiger charge is 2.22. The average molecular weight is 262 g/mol. The Bertz CT molecular complexity index is 552. The van der Waals surface area contributed by atoms with Gasteiger partial charge < -0.3 is 10.1 Å². The van der Waals surface area contributed by atoms with Crippen molar-refractivity contribution >= 4 is 21.6 Å². The summed E-state index contributed by atoms with van der Waals surface area (Å²) in [7, 11) is 1.71. The second kappa shape index (κ2) is 4.86. The van der Waals surface area contributed by atoms with Crippen LogP contribution in [0, 0.1) is 0 Å². The van der Waals surface area contributed by atoms with Crippen LogP contribution in [0.4, 0.5) is 0 Å². The molecule has 1 aliphatic rings. The van der Waals surface area contributed by atoms with E-state index in [0.717, 1.165) is 17.8 Å². The molecule has 96 valence electrons. The SMILES string of the molecule is COc1ccc2nc(C3CCNC(C)C3)sc2c1. The number of hydrogen-bond donors (Lipinski definition) is 1. The fourth-order valence-corrected chi connectivity index (χ4v) is 3.72. The van der Waals surface area contributed by atoms with E-state index >= 15 is 0 Å². The molecule has 1 N–H and O–H groups in total. The van der Waals surface area contributed by atoms with Gasteiger partial charge in [0.2, 0.25) is 0 Å². The fraction of sp³-hybridized carbons (Fsp3) is 0.500. The molecule has 0 amide bonds. The number of rotatable bonds is 2. The summed E-state index contributed by atoms with van der Waals surface area (Å²) < 4.78 is 6.49. The van der Waals surface area contributed by atoms with E-state index in [2.05, 4.69) is 24.4 Å². The highest BCUT2D eigenvalue weighted by molar-refractivity contribution is 7.18. The van der Waals surface area contributed by atoms with Gasteiger partial charge in [-0.05, 0) is 44.5 Å². The van der Waals surface area contributed by atoms with Crippen molar-refractivity contribution in [2.45, 2.75) is 31.7 Å². The molecule has 0 spiro atoms. The van der Waals surface area contributed by atoms with Crippen LogP contribution in [0.3, 0.4) is 0 Å². The minimum atomic E-state index is 0.602. The summed E-state index contributed by atoms with van der Waals surface area (Å²) in [6.07, 6.45) is 2.39. The summed E-state index contributed by atoms with van der Waals surface area (Å²) >= 11 is 1.82. The van der Waals surface area contributed by atoms with E-state index in [1.54, 1.807) is 7.11 Å². The smallest absolute Gasteiger partial charge is 0.120 e. The lowest BCUT2D eigenvalue weighted by molar-refractivity contribution is 0.381. The van der Waals surface area contributed by atoms with Gasteiger partial charge in [-0.1, -0.05) is 0 Å². The molecule has 0 saturated carbocycles. The number of piperidine rings is 1. The molecule has 4 heteroatoms. The Labute approximate surface area is 111 Å². The second-order valence-electron chi connectivity index (χ2n) is 4.96. The van der Waals surface area contributed by atoms with Gasteiger partial charge in [-0.25, -0.2) is 4.98 Å². The predicted molar refractivity (Wildman–Crippen MR) is 75.6 cm³/mol. The molecule has 18 heavy (non-hydrogen) atoms. The quantitative estimate of drug-likeness (QED) is 0.902. The van der Waals surface area contributed by atoms with Gasteiger partial charge in [-0.15, -0.1) is 11.3 Å². The average Bonchev–Trinajstić information content (AvgIpc) is 2.81. The first kappa shape index (κ1) is 11.9.